The van der Waals surface area contributed by atoms with Crippen LogP contribution in [0, 0.1) is 0 Å². The Bertz CT molecular complexity index is 331. The lowest BCUT2D eigenvalue weighted by Gasteiger charge is -2.35. The van der Waals surface area contributed by atoms with Gasteiger partial charge < -0.3 is 4.74 Å². The van der Waals surface area contributed by atoms with E-state index in [2.05, 4.69) is 0 Å². The maximum atomic E-state index is 12.5. The van der Waals surface area contributed by atoms with Crippen LogP contribution in [0.25, 0.3) is 0 Å². The first-order chi connectivity index (χ1) is 7.78. The van der Waals surface area contributed by atoms with E-state index in [1.807, 2.05) is 23.8 Å². The lowest BCUT2D eigenvalue weighted by atomic mass is 9.80. The number of Topliss-reactive ketones (excluding diaryl/α,β-unsaturated/α-hetero) is 1. The van der Waals surface area contributed by atoms with Gasteiger partial charge in [-0.3, -0.25) is 4.79 Å². The SMILES string of the molecule is CCOC1(C(=O)c2ccsc2)CCCCC1. The normalized spacial score (nSPS) is 19.6. The van der Waals surface area contributed by atoms with Gasteiger partial charge in [0.25, 0.3) is 0 Å². The molecule has 3 heteroatoms. The Kier molecular flexibility index (Phi) is 3.77. The molecule has 1 aromatic heterocycles. The molecule has 1 saturated carbocycles. The summed E-state index contributed by atoms with van der Waals surface area (Å²) >= 11 is 1.57. The average molecular weight is 238 g/mol. The molecular weight excluding hydrogens is 220 g/mol. The third-order valence-electron chi connectivity index (χ3n) is 3.28. The highest BCUT2D eigenvalue weighted by atomic mass is 32.1. The summed E-state index contributed by atoms with van der Waals surface area (Å²) in [4.78, 5) is 12.5. The molecule has 0 N–H and O–H groups in total. The second-order valence-electron chi connectivity index (χ2n) is 4.33. The van der Waals surface area contributed by atoms with E-state index in [1.165, 1.54) is 6.42 Å². The van der Waals surface area contributed by atoms with Crippen LogP contribution in [0.2, 0.25) is 0 Å². The zero-order chi connectivity index (χ0) is 11.4. The molecule has 1 fully saturated rings. The van der Waals surface area contributed by atoms with Crippen molar-refractivity contribution in [3.63, 3.8) is 0 Å². The Labute approximate surface area is 101 Å². The fraction of sp³-hybridized carbons (Fsp3) is 0.615. The van der Waals surface area contributed by atoms with E-state index in [0.717, 1.165) is 31.2 Å². The number of hydrogen-bond acceptors (Lipinski definition) is 3. The van der Waals surface area contributed by atoms with Gasteiger partial charge in [-0.05, 0) is 31.2 Å². The first-order valence-corrected chi connectivity index (χ1v) is 6.94. The molecular formula is C13H18O2S. The summed E-state index contributed by atoms with van der Waals surface area (Å²) in [5, 5.41) is 3.88. The largest absolute Gasteiger partial charge is 0.367 e. The highest BCUT2D eigenvalue weighted by Crippen LogP contribution is 2.35. The number of hydrogen-bond donors (Lipinski definition) is 0. The minimum absolute atomic E-state index is 0.190. The van der Waals surface area contributed by atoms with E-state index in [4.69, 9.17) is 4.74 Å². The molecule has 16 heavy (non-hydrogen) atoms. The number of ether oxygens (including phenoxy) is 1. The Balaban J connectivity index is 2.21. The number of carbonyl (C=O) groups is 1. The van der Waals surface area contributed by atoms with Crippen LogP contribution in [0.5, 0.6) is 0 Å². The van der Waals surface area contributed by atoms with Crippen molar-refractivity contribution < 1.29 is 9.53 Å². The summed E-state index contributed by atoms with van der Waals surface area (Å²) in [6, 6.07) is 1.91. The van der Waals surface area contributed by atoms with E-state index in [9.17, 15) is 4.79 Å². The average Bonchev–Trinajstić information content (AvgIpc) is 2.83. The molecule has 0 aromatic carbocycles. The monoisotopic (exact) mass is 238 g/mol. The molecule has 0 radical (unpaired) electrons. The van der Waals surface area contributed by atoms with Crippen molar-refractivity contribution in [3.8, 4) is 0 Å². The lowest BCUT2D eigenvalue weighted by molar-refractivity contribution is -0.0410. The van der Waals surface area contributed by atoms with Crippen LogP contribution >= 0.6 is 11.3 Å². The maximum Gasteiger partial charge on any atom is 0.195 e. The summed E-state index contributed by atoms with van der Waals surface area (Å²) in [6.45, 7) is 2.59. The summed E-state index contributed by atoms with van der Waals surface area (Å²) < 4.78 is 5.81. The molecule has 2 rings (SSSR count). The smallest absolute Gasteiger partial charge is 0.195 e. The molecule has 88 valence electrons. The molecule has 0 amide bonds. The van der Waals surface area contributed by atoms with Crippen molar-refractivity contribution in [2.75, 3.05) is 6.61 Å². The van der Waals surface area contributed by atoms with Gasteiger partial charge in [-0.25, -0.2) is 0 Å². The molecule has 1 aliphatic carbocycles. The van der Waals surface area contributed by atoms with Gasteiger partial charge >= 0.3 is 0 Å². The van der Waals surface area contributed by atoms with Crippen LogP contribution in [0.3, 0.4) is 0 Å². The number of thiophene rings is 1. The van der Waals surface area contributed by atoms with Gasteiger partial charge in [0.05, 0.1) is 0 Å². The molecule has 0 spiro atoms. The van der Waals surface area contributed by atoms with Gasteiger partial charge in [0.1, 0.15) is 5.60 Å². The maximum absolute atomic E-state index is 12.5. The van der Waals surface area contributed by atoms with Gasteiger partial charge in [-0.15, -0.1) is 0 Å². The molecule has 2 nitrogen and oxygen atoms in total. The fourth-order valence-electron chi connectivity index (χ4n) is 2.49. The molecule has 0 aliphatic heterocycles. The van der Waals surface area contributed by atoms with Crippen LogP contribution in [0.4, 0.5) is 0 Å². The summed E-state index contributed by atoms with van der Waals surface area (Å²) in [7, 11) is 0. The van der Waals surface area contributed by atoms with Gasteiger partial charge in [-0.2, -0.15) is 11.3 Å². The van der Waals surface area contributed by atoms with Crippen LogP contribution in [0.1, 0.15) is 49.4 Å². The topological polar surface area (TPSA) is 26.3 Å². The van der Waals surface area contributed by atoms with Crippen molar-refractivity contribution in [2.24, 2.45) is 0 Å². The Hall–Kier alpha value is -0.670. The first-order valence-electron chi connectivity index (χ1n) is 5.99. The third kappa shape index (κ3) is 2.20. The summed E-state index contributed by atoms with van der Waals surface area (Å²) in [5.74, 6) is 0.190. The Morgan fingerprint density at radius 2 is 2.19 bits per heavy atom. The second kappa shape index (κ2) is 5.11. The molecule has 1 aromatic rings. The number of carbonyl (C=O) groups excluding carboxylic acids is 1. The van der Waals surface area contributed by atoms with Gasteiger partial charge in [0.2, 0.25) is 0 Å². The predicted octanol–water partition coefficient (Wildman–Crippen LogP) is 3.67. The third-order valence-corrected chi connectivity index (χ3v) is 3.96. The molecule has 1 heterocycles. The van der Waals surface area contributed by atoms with Gasteiger partial charge in [0, 0.05) is 17.6 Å². The Morgan fingerprint density at radius 3 is 2.75 bits per heavy atom. The van der Waals surface area contributed by atoms with Crippen LogP contribution in [0.15, 0.2) is 16.8 Å². The number of rotatable bonds is 4. The minimum Gasteiger partial charge on any atom is -0.367 e. The highest BCUT2D eigenvalue weighted by molar-refractivity contribution is 7.08. The van der Waals surface area contributed by atoms with Crippen molar-refractivity contribution in [3.05, 3.63) is 22.4 Å². The molecule has 0 bridgehead atoms. The molecule has 0 atom stereocenters. The molecule has 1 aliphatic rings. The standard InChI is InChI=1S/C13H18O2S/c1-2-15-13(7-4-3-5-8-13)12(14)11-6-9-16-10-11/h6,9-10H,2-5,7-8H2,1H3. The van der Waals surface area contributed by atoms with E-state index in [-0.39, 0.29) is 5.78 Å². The first kappa shape index (κ1) is 11.8. The Morgan fingerprint density at radius 1 is 1.44 bits per heavy atom. The summed E-state index contributed by atoms with van der Waals surface area (Å²) in [5.41, 5.74) is 0.300. The second-order valence-corrected chi connectivity index (χ2v) is 5.11. The van der Waals surface area contributed by atoms with Gasteiger partial charge in [-0.1, -0.05) is 19.3 Å². The highest BCUT2D eigenvalue weighted by Gasteiger charge is 2.40. The zero-order valence-electron chi connectivity index (χ0n) is 9.70. The fourth-order valence-corrected chi connectivity index (χ4v) is 3.13. The molecule has 0 saturated heterocycles. The van der Waals surface area contributed by atoms with Crippen LogP contribution in [-0.4, -0.2) is 18.0 Å². The van der Waals surface area contributed by atoms with Crippen molar-refractivity contribution >= 4 is 17.1 Å². The summed E-state index contributed by atoms with van der Waals surface area (Å²) in [6.07, 6.45) is 5.21. The van der Waals surface area contributed by atoms with E-state index in [1.54, 1.807) is 11.3 Å². The van der Waals surface area contributed by atoms with E-state index < -0.39 is 5.60 Å². The van der Waals surface area contributed by atoms with E-state index in [0.29, 0.717) is 6.61 Å². The van der Waals surface area contributed by atoms with Gasteiger partial charge in [0.15, 0.2) is 5.78 Å². The van der Waals surface area contributed by atoms with E-state index >= 15 is 0 Å². The number of ketones is 1. The minimum atomic E-state index is -0.520. The van der Waals surface area contributed by atoms with Crippen LogP contribution in [-0.2, 0) is 4.74 Å². The molecule has 0 unspecified atom stereocenters. The lowest BCUT2D eigenvalue weighted by Crippen LogP contribution is -2.43. The van der Waals surface area contributed by atoms with Crippen molar-refractivity contribution in [1.29, 1.82) is 0 Å². The predicted molar refractivity (Wildman–Crippen MR) is 66.1 cm³/mol. The zero-order valence-corrected chi connectivity index (χ0v) is 10.5. The van der Waals surface area contributed by atoms with Crippen molar-refractivity contribution in [1.82, 2.24) is 0 Å². The van der Waals surface area contributed by atoms with Crippen LogP contribution < -0.4 is 0 Å². The van der Waals surface area contributed by atoms with Crippen molar-refractivity contribution in [2.45, 2.75) is 44.6 Å². The quantitative estimate of drug-likeness (QED) is 0.748.